The first-order valence-corrected chi connectivity index (χ1v) is 7.84. The second-order valence-electron chi connectivity index (χ2n) is 5.24. The number of nitrogens with zero attached hydrogens (tertiary/aromatic N) is 3. The van der Waals surface area contributed by atoms with Crippen LogP contribution in [0.4, 0.5) is 5.13 Å². The van der Waals surface area contributed by atoms with E-state index >= 15 is 0 Å². The number of hydrogen-bond acceptors (Lipinski definition) is 6. The second kappa shape index (κ2) is 6.17. The number of phenols is 1. The number of carbonyl (C=O) groups excluding carboxylic acids is 1. The van der Waals surface area contributed by atoms with Crippen molar-refractivity contribution in [1.82, 2.24) is 20.4 Å². The van der Waals surface area contributed by atoms with Gasteiger partial charge in [0, 0.05) is 11.5 Å². The third kappa shape index (κ3) is 3.21. The molecule has 0 atom stereocenters. The number of aromatic nitrogens is 4. The van der Waals surface area contributed by atoms with Crippen LogP contribution in [0.15, 0.2) is 30.3 Å². The molecule has 0 bridgehead atoms. The normalized spacial score (nSPS) is 10.9. The summed E-state index contributed by atoms with van der Waals surface area (Å²) >= 11 is 1.34. The number of aromatic hydroxyl groups is 1. The number of para-hydroxylation sites is 1. The fraction of sp³-hybridized carbons (Fsp3) is 0.200. The zero-order valence-corrected chi connectivity index (χ0v) is 13.4. The van der Waals surface area contributed by atoms with Gasteiger partial charge in [0.15, 0.2) is 0 Å². The average Bonchev–Trinajstić information content (AvgIpc) is 3.16. The van der Waals surface area contributed by atoms with E-state index in [-0.39, 0.29) is 23.3 Å². The number of carbonyl (C=O) groups is 1. The van der Waals surface area contributed by atoms with Gasteiger partial charge in [-0.3, -0.25) is 15.2 Å². The molecule has 0 radical (unpaired) electrons. The van der Waals surface area contributed by atoms with E-state index < -0.39 is 0 Å². The highest BCUT2D eigenvalue weighted by Crippen LogP contribution is 2.27. The van der Waals surface area contributed by atoms with Gasteiger partial charge in [0.2, 0.25) is 5.13 Å². The maximum absolute atomic E-state index is 12.2. The summed E-state index contributed by atoms with van der Waals surface area (Å²) in [7, 11) is 0. The summed E-state index contributed by atoms with van der Waals surface area (Å²) < 4.78 is 0. The quantitative estimate of drug-likeness (QED) is 0.682. The van der Waals surface area contributed by atoms with E-state index in [1.165, 1.54) is 11.3 Å². The first-order chi connectivity index (χ1) is 11.0. The highest BCUT2D eigenvalue weighted by Gasteiger charge is 2.15. The molecule has 2 aromatic heterocycles. The number of phenolic OH excluding ortho intramolecular Hbond substituents is 1. The average molecular weight is 329 g/mol. The summed E-state index contributed by atoms with van der Waals surface area (Å²) in [5.74, 6) is 0.0141. The molecule has 0 aliphatic carbocycles. The van der Waals surface area contributed by atoms with Gasteiger partial charge in [-0.1, -0.05) is 37.3 Å². The lowest BCUT2D eigenvalue weighted by atomic mass is 10.1. The molecular formula is C15H15N5O2S. The Kier molecular flexibility index (Phi) is 4.07. The Morgan fingerprint density at radius 1 is 1.30 bits per heavy atom. The molecular weight excluding hydrogens is 314 g/mol. The molecule has 0 aliphatic rings. The molecule has 3 rings (SSSR count). The molecule has 23 heavy (non-hydrogen) atoms. The Labute approximate surface area is 136 Å². The Balaban J connectivity index is 1.77. The molecule has 0 unspecified atom stereocenters. The van der Waals surface area contributed by atoms with Crippen molar-refractivity contribution in [2.45, 2.75) is 19.8 Å². The van der Waals surface area contributed by atoms with Crippen molar-refractivity contribution in [2.75, 3.05) is 5.32 Å². The largest absolute Gasteiger partial charge is 0.507 e. The Morgan fingerprint density at radius 3 is 2.78 bits per heavy atom. The van der Waals surface area contributed by atoms with Gasteiger partial charge in [-0.25, -0.2) is 0 Å². The lowest BCUT2D eigenvalue weighted by molar-refractivity contribution is 0.102. The number of aromatic amines is 1. The van der Waals surface area contributed by atoms with Crippen LogP contribution >= 0.6 is 11.3 Å². The van der Waals surface area contributed by atoms with Crippen molar-refractivity contribution >= 4 is 22.4 Å². The maximum Gasteiger partial charge on any atom is 0.275 e. The Bertz CT molecular complexity index is 840. The zero-order valence-electron chi connectivity index (χ0n) is 12.6. The molecule has 8 heteroatoms. The number of benzene rings is 1. The maximum atomic E-state index is 12.2. The first-order valence-electron chi connectivity index (χ1n) is 7.03. The zero-order chi connectivity index (χ0) is 16.4. The molecule has 1 amide bonds. The molecule has 3 N–H and O–H groups in total. The van der Waals surface area contributed by atoms with Gasteiger partial charge in [-0.2, -0.15) is 5.10 Å². The van der Waals surface area contributed by atoms with Crippen molar-refractivity contribution in [3.8, 4) is 17.0 Å². The van der Waals surface area contributed by atoms with E-state index in [2.05, 4.69) is 25.7 Å². The third-order valence-corrected chi connectivity index (χ3v) is 4.30. The summed E-state index contributed by atoms with van der Waals surface area (Å²) in [5.41, 5.74) is 1.33. The first kappa shape index (κ1) is 15.2. The molecule has 2 heterocycles. The smallest absolute Gasteiger partial charge is 0.275 e. The van der Waals surface area contributed by atoms with E-state index in [4.69, 9.17) is 0 Å². The van der Waals surface area contributed by atoms with Gasteiger partial charge in [0.05, 0.1) is 5.69 Å². The van der Waals surface area contributed by atoms with Gasteiger partial charge < -0.3 is 5.11 Å². The van der Waals surface area contributed by atoms with Crippen molar-refractivity contribution in [3.05, 3.63) is 41.0 Å². The Hall–Kier alpha value is -2.74. The molecule has 0 aliphatic heterocycles. The number of amides is 1. The lowest BCUT2D eigenvalue weighted by Gasteiger charge is -1.99. The summed E-state index contributed by atoms with van der Waals surface area (Å²) in [6, 6.07) is 8.39. The molecule has 7 nitrogen and oxygen atoms in total. The van der Waals surface area contributed by atoms with Crippen LogP contribution in [0.3, 0.4) is 0 Å². The van der Waals surface area contributed by atoms with E-state index in [1.54, 1.807) is 30.3 Å². The van der Waals surface area contributed by atoms with Crippen LogP contribution in [-0.2, 0) is 0 Å². The molecule has 118 valence electrons. The molecule has 0 fully saturated rings. The number of H-pyrrole nitrogens is 1. The van der Waals surface area contributed by atoms with E-state index in [1.807, 2.05) is 13.8 Å². The van der Waals surface area contributed by atoms with Crippen LogP contribution in [-0.4, -0.2) is 31.4 Å². The number of nitrogens with one attached hydrogen (secondary N) is 2. The van der Waals surface area contributed by atoms with Crippen LogP contribution in [0, 0.1) is 0 Å². The second-order valence-corrected chi connectivity index (χ2v) is 6.25. The SMILES string of the molecule is CC(C)c1nnc(NC(=O)c2cc(-c3ccccc3O)n[nH]2)s1. The van der Waals surface area contributed by atoms with Gasteiger partial charge in [0.25, 0.3) is 5.91 Å². The highest BCUT2D eigenvalue weighted by molar-refractivity contribution is 7.15. The number of anilines is 1. The molecule has 3 aromatic rings. The fourth-order valence-electron chi connectivity index (χ4n) is 1.95. The lowest BCUT2D eigenvalue weighted by Crippen LogP contribution is -2.12. The van der Waals surface area contributed by atoms with Crippen LogP contribution in [0.25, 0.3) is 11.3 Å². The summed E-state index contributed by atoms with van der Waals surface area (Å²) in [4.78, 5) is 12.2. The molecule has 0 saturated carbocycles. The van der Waals surface area contributed by atoms with Gasteiger partial charge in [0.1, 0.15) is 16.5 Å². The minimum absolute atomic E-state index is 0.108. The number of rotatable bonds is 4. The monoisotopic (exact) mass is 329 g/mol. The van der Waals surface area contributed by atoms with Gasteiger partial charge in [-0.15, -0.1) is 10.2 Å². The Morgan fingerprint density at radius 2 is 2.09 bits per heavy atom. The standard InChI is InChI=1S/C15H15N5O2S/c1-8(2)14-19-20-15(23-14)16-13(22)11-7-10(17-18-11)9-5-3-4-6-12(9)21/h3-8,21H,1-2H3,(H,17,18)(H,16,20,22). The van der Waals surface area contributed by atoms with Crippen LogP contribution < -0.4 is 5.32 Å². The molecule has 0 spiro atoms. The van der Waals surface area contributed by atoms with Crippen LogP contribution in [0.2, 0.25) is 0 Å². The van der Waals surface area contributed by atoms with Crippen LogP contribution in [0.1, 0.15) is 35.3 Å². The molecule has 1 aromatic carbocycles. The molecule has 0 saturated heterocycles. The van der Waals surface area contributed by atoms with Crippen LogP contribution in [0.5, 0.6) is 5.75 Å². The summed E-state index contributed by atoms with van der Waals surface area (Å²) in [6.07, 6.45) is 0. The predicted molar refractivity (Wildman–Crippen MR) is 87.6 cm³/mol. The topological polar surface area (TPSA) is 104 Å². The third-order valence-electron chi connectivity index (χ3n) is 3.16. The summed E-state index contributed by atoms with van der Waals surface area (Å²) in [6.45, 7) is 4.03. The van der Waals surface area contributed by atoms with Gasteiger partial charge >= 0.3 is 0 Å². The minimum atomic E-state index is -0.356. The van der Waals surface area contributed by atoms with Gasteiger partial charge in [-0.05, 0) is 18.2 Å². The van der Waals surface area contributed by atoms with Crippen molar-refractivity contribution in [1.29, 1.82) is 0 Å². The minimum Gasteiger partial charge on any atom is -0.507 e. The predicted octanol–water partition coefficient (Wildman–Crippen LogP) is 3.01. The van der Waals surface area contributed by atoms with E-state index in [0.717, 1.165) is 5.01 Å². The summed E-state index contributed by atoms with van der Waals surface area (Å²) in [5, 5.41) is 28.5. The fourth-order valence-corrected chi connectivity index (χ4v) is 2.69. The van der Waals surface area contributed by atoms with Crippen molar-refractivity contribution < 1.29 is 9.90 Å². The van der Waals surface area contributed by atoms with E-state index in [0.29, 0.717) is 16.4 Å². The highest BCUT2D eigenvalue weighted by atomic mass is 32.1. The van der Waals surface area contributed by atoms with Crippen molar-refractivity contribution in [2.24, 2.45) is 0 Å². The van der Waals surface area contributed by atoms with E-state index in [9.17, 15) is 9.90 Å². The number of hydrogen-bond donors (Lipinski definition) is 3. The van der Waals surface area contributed by atoms with Crippen molar-refractivity contribution in [3.63, 3.8) is 0 Å².